The van der Waals surface area contributed by atoms with E-state index in [1.807, 2.05) is 0 Å². The first-order valence-corrected chi connectivity index (χ1v) is 6.99. The maximum Gasteiger partial charge on any atom is 0.256 e. The average Bonchev–Trinajstić information content (AvgIpc) is 2.38. The van der Waals surface area contributed by atoms with Crippen molar-refractivity contribution in [3.63, 3.8) is 0 Å². The second-order valence-corrected chi connectivity index (χ2v) is 5.63. The summed E-state index contributed by atoms with van der Waals surface area (Å²) in [7, 11) is 0. The van der Waals surface area contributed by atoms with Gasteiger partial charge in [-0.15, -0.1) is 0 Å². The van der Waals surface area contributed by atoms with Crippen LogP contribution in [-0.2, 0) is 0 Å². The molecule has 0 radical (unpaired) electrons. The van der Waals surface area contributed by atoms with E-state index < -0.39 is 0 Å². The van der Waals surface area contributed by atoms with Crippen molar-refractivity contribution in [3.8, 4) is 5.75 Å². The van der Waals surface area contributed by atoms with E-state index in [-0.39, 0.29) is 11.7 Å². The highest BCUT2D eigenvalue weighted by Gasteiger charge is 2.12. The number of aromatic hydroxyl groups is 1. The van der Waals surface area contributed by atoms with E-state index in [1.54, 1.807) is 43.3 Å². The third-order valence-corrected chi connectivity index (χ3v) is 3.90. The van der Waals surface area contributed by atoms with Gasteiger partial charge in [0.1, 0.15) is 5.75 Å². The molecule has 0 aliphatic heterocycles. The standard InChI is InChI=1S/C14H11ClINO2/c1-8-12(3-2-4-13(8)18)17-14(19)10-7-9(15)5-6-11(10)16/h2-7,18H,1H3,(H,17,19). The number of amides is 1. The molecule has 0 fully saturated rings. The van der Waals surface area contributed by atoms with Crippen LogP contribution in [0, 0.1) is 10.5 Å². The van der Waals surface area contributed by atoms with E-state index in [9.17, 15) is 9.90 Å². The summed E-state index contributed by atoms with van der Waals surface area (Å²) < 4.78 is 0.817. The summed E-state index contributed by atoms with van der Waals surface area (Å²) in [5.41, 5.74) is 1.73. The molecule has 2 N–H and O–H groups in total. The van der Waals surface area contributed by atoms with Crippen molar-refractivity contribution >= 4 is 45.8 Å². The molecule has 0 atom stereocenters. The quantitative estimate of drug-likeness (QED) is 0.758. The summed E-state index contributed by atoms with van der Waals surface area (Å²) >= 11 is 7.98. The molecule has 0 aromatic heterocycles. The molecule has 5 heteroatoms. The molecule has 2 aromatic rings. The van der Waals surface area contributed by atoms with Gasteiger partial charge in [-0.2, -0.15) is 0 Å². The molecule has 0 aliphatic rings. The van der Waals surface area contributed by atoms with Gasteiger partial charge in [0.05, 0.1) is 5.56 Å². The number of hydrogen-bond acceptors (Lipinski definition) is 2. The van der Waals surface area contributed by atoms with E-state index in [4.69, 9.17) is 11.6 Å². The maximum atomic E-state index is 12.2. The van der Waals surface area contributed by atoms with Crippen LogP contribution in [0.5, 0.6) is 5.75 Å². The minimum absolute atomic E-state index is 0.151. The molecule has 3 nitrogen and oxygen atoms in total. The Morgan fingerprint density at radius 2 is 2.05 bits per heavy atom. The number of carbonyl (C=O) groups excluding carboxylic acids is 1. The van der Waals surface area contributed by atoms with Gasteiger partial charge in [-0.1, -0.05) is 17.7 Å². The van der Waals surface area contributed by atoms with Crippen molar-refractivity contribution < 1.29 is 9.90 Å². The van der Waals surface area contributed by atoms with E-state index >= 15 is 0 Å². The first kappa shape index (κ1) is 14.1. The summed E-state index contributed by atoms with van der Waals surface area (Å²) in [5, 5.41) is 12.9. The van der Waals surface area contributed by atoms with Crippen molar-refractivity contribution in [1.29, 1.82) is 0 Å². The zero-order valence-corrected chi connectivity index (χ0v) is 13.0. The highest BCUT2D eigenvalue weighted by atomic mass is 127. The lowest BCUT2D eigenvalue weighted by molar-refractivity contribution is 0.102. The second kappa shape index (κ2) is 5.79. The van der Waals surface area contributed by atoms with Gasteiger partial charge >= 0.3 is 0 Å². The lowest BCUT2D eigenvalue weighted by atomic mass is 10.1. The fraction of sp³-hybridized carbons (Fsp3) is 0.0714. The molecule has 2 rings (SSSR count). The monoisotopic (exact) mass is 387 g/mol. The van der Waals surface area contributed by atoms with Crippen molar-refractivity contribution in [3.05, 3.63) is 56.1 Å². The lowest BCUT2D eigenvalue weighted by Crippen LogP contribution is -2.14. The molecular weight excluding hydrogens is 377 g/mol. The average molecular weight is 388 g/mol. The normalized spacial score (nSPS) is 10.3. The van der Waals surface area contributed by atoms with Crippen LogP contribution in [0.2, 0.25) is 5.02 Å². The van der Waals surface area contributed by atoms with E-state index in [0.29, 0.717) is 21.8 Å². The molecule has 0 unspecified atom stereocenters. The number of nitrogens with one attached hydrogen (secondary N) is 1. The Morgan fingerprint density at radius 1 is 1.32 bits per heavy atom. The summed E-state index contributed by atoms with van der Waals surface area (Å²) in [4.78, 5) is 12.2. The Morgan fingerprint density at radius 3 is 2.79 bits per heavy atom. The molecule has 0 spiro atoms. The van der Waals surface area contributed by atoms with Gasteiger partial charge in [-0.25, -0.2) is 0 Å². The summed E-state index contributed by atoms with van der Waals surface area (Å²) in [6, 6.07) is 10.1. The number of halogens is 2. The number of hydrogen-bond donors (Lipinski definition) is 2. The van der Waals surface area contributed by atoms with Gasteiger partial charge in [-0.05, 0) is 59.8 Å². The minimum Gasteiger partial charge on any atom is -0.508 e. The highest BCUT2D eigenvalue weighted by molar-refractivity contribution is 14.1. The van der Waals surface area contributed by atoms with Crippen LogP contribution in [0.3, 0.4) is 0 Å². The van der Waals surface area contributed by atoms with Crippen LogP contribution >= 0.6 is 34.2 Å². The molecule has 98 valence electrons. The molecule has 1 amide bonds. The zero-order chi connectivity index (χ0) is 14.0. The fourth-order valence-corrected chi connectivity index (χ4v) is 2.37. The third kappa shape index (κ3) is 3.19. The summed E-state index contributed by atoms with van der Waals surface area (Å²) in [5.74, 6) is -0.0980. The molecule has 19 heavy (non-hydrogen) atoms. The molecule has 0 saturated heterocycles. The summed E-state index contributed by atoms with van der Waals surface area (Å²) in [6.45, 7) is 1.74. The van der Waals surface area contributed by atoms with Gasteiger partial charge < -0.3 is 10.4 Å². The lowest BCUT2D eigenvalue weighted by Gasteiger charge is -2.10. The van der Waals surface area contributed by atoms with Crippen molar-refractivity contribution in [1.82, 2.24) is 0 Å². The Labute approximate surface area is 129 Å². The van der Waals surface area contributed by atoms with Crippen LogP contribution in [0.25, 0.3) is 0 Å². The molecule has 0 saturated carbocycles. The Kier molecular flexibility index (Phi) is 4.31. The molecule has 0 aliphatic carbocycles. The van der Waals surface area contributed by atoms with E-state index in [2.05, 4.69) is 27.9 Å². The summed E-state index contributed by atoms with van der Waals surface area (Å²) in [6.07, 6.45) is 0. The Balaban J connectivity index is 2.31. The van der Waals surface area contributed by atoms with Crippen molar-refractivity contribution in [2.75, 3.05) is 5.32 Å². The number of phenolic OH excluding ortho intramolecular Hbond substituents is 1. The second-order valence-electron chi connectivity index (χ2n) is 4.03. The Bertz CT molecular complexity index is 643. The van der Waals surface area contributed by atoms with Crippen LogP contribution in [-0.4, -0.2) is 11.0 Å². The van der Waals surface area contributed by atoms with Crippen LogP contribution in [0.15, 0.2) is 36.4 Å². The maximum absolute atomic E-state index is 12.2. The minimum atomic E-state index is -0.249. The molecular formula is C14H11ClINO2. The molecule has 2 aromatic carbocycles. The smallest absolute Gasteiger partial charge is 0.256 e. The van der Waals surface area contributed by atoms with Gasteiger partial charge in [0.2, 0.25) is 0 Å². The predicted molar refractivity (Wildman–Crippen MR) is 85.0 cm³/mol. The van der Waals surface area contributed by atoms with Gasteiger partial charge in [0, 0.05) is 19.8 Å². The van der Waals surface area contributed by atoms with Crippen LogP contribution in [0.4, 0.5) is 5.69 Å². The first-order valence-electron chi connectivity index (χ1n) is 5.54. The van der Waals surface area contributed by atoms with Gasteiger partial charge in [0.25, 0.3) is 5.91 Å². The fourth-order valence-electron chi connectivity index (χ4n) is 1.62. The largest absolute Gasteiger partial charge is 0.508 e. The third-order valence-electron chi connectivity index (χ3n) is 2.73. The number of carbonyl (C=O) groups is 1. The van der Waals surface area contributed by atoms with Gasteiger partial charge in [0.15, 0.2) is 0 Å². The first-order chi connectivity index (χ1) is 8.99. The molecule has 0 bridgehead atoms. The van der Waals surface area contributed by atoms with E-state index in [1.165, 1.54) is 0 Å². The number of rotatable bonds is 2. The zero-order valence-electron chi connectivity index (χ0n) is 10.1. The SMILES string of the molecule is Cc1c(O)cccc1NC(=O)c1cc(Cl)ccc1I. The number of benzene rings is 2. The molecule has 0 heterocycles. The number of anilines is 1. The number of phenols is 1. The van der Waals surface area contributed by atoms with Crippen LogP contribution < -0.4 is 5.32 Å². The topological polar surface area (TPSA) is 49.3 Å². The van der Waals surface area contributed by atoms with Crippen molar-refractivity contribution in [2.45, 2.75) is 6.92 Å². The predicted octanol–water partition coefficient (Wildman–Crippen LogP) is 4.21. The highest BCUT2D eigenvalue weighted by Crippen LogP contribution is 2.25. The van der Waals surface area contributed by atoms with E-state index in [0.717, 1.165) is 3.57 Å². The van der Waals surface area contributed by atoms with Crippen LogP contribution in [0.1, 0.15) is 15.9 Å². The van der Waals surface area contributed by atoms with Crippen molar-refractivity contribution in [2.24, 2.45) is 0 Å². The Hall–Kier alpha value is -1.27. The van der Waals surface area contributed by atoms with Gasteiger partial charge in [-0.3, -0.25) is 4.79 Å².